The Bertz CT molecular complexity index is 932. The molecule has 0 spiro atoms. The van der Waals surface area contributed by atoms with Gasteiger partial charge in [0.05, 0.1) is 12.3 Å². The predicted molar refractivity (Wildman–Crippen MR) is 112 cm³/mol. The van der Waals surface area contributed by atoms with Crippen LogP contribution in [0.15, 0.2) is 42.6 Å². The Morgan fingerprint density at radius 2 is 1.79 bits per heavy atom. The molecule has 0 radical (unpaired) electrons. The normalized spacial score (nSPS) is 19.3. The maximum atomic E-state index is 6.13. The van der Waals surface area contributed by atoms with Crippen LogP contribution in [0.5, 0.6) is 5.75 Å². The average Bonchev–Trinajstić information content (AvgIpc) is 3.15. The molecule has 152 valence electrons. The second-order valence-corrected chi connectivity index (χ2v) is 7.88. The molecule has 7 heteroatoms. The minimum atomic E-state index is 0.209. The van der Waals surface area contributed by atoms with Gasteiger partial charge in [0.1, 0.15) is 18.2 Å². The van der Waals surface area contributed by atoms with Gasteiger partial charge in [-0.3, -0.25) is 9.55 Å². The fourth-order valence-electron chi connectivity index (χ4n) is 3.84. The molecule has 0 amide bonds. The summed E-state index contributed by atoms with van der Waals surface area (Å²) in [6.07, 6.45) is 5.97. The standard InChI is InChI=1S/C22H25ClN4O2/c1-15-3-10-20(13-24-15)29-19-11-4-16(5-12-19)22-26-25-21(14-28-2)27(22)18-8-6-17(23)7-9-18/h3,6-10,13,16,19H,4-5,11-12,14H2,1-2H3. The molecule has 0 saturated heterocycles. The highest BCUT2D eigenvalue weighted by molar-refractivity contribution is 6.30. The molecule has 4 rings (SSSR count). The van der Waals surface area contributed by atoms with Crippen molar-refractivity contribution in [2.45, 2.75) is 51.2 Å². The molecule has 1 aliphatic carbocycles. The van der Waals surface area contributed by atoms with Crippen LogP contribution in [0.1, 0.15) is 48.9 Å². The van der Waals surface area contributed by atoms with E-state index in [1.54, 1.807) is 13.3 Å². The number of hydrogen-bond donors (Lipinski definition) is 0. The van der Waals surface area contributed by atoms with Gasteiger partial charge in [0, 0.05) is 29.4 Å². The third-order valence-electron chi connectivity index (χ3n) is 5.34. The van der Waals surface area contributed by atoms with Crippen molar-refractivity contribution in [1.82, 2.24) is 19.7 Å². The molecule has 3 aromatic rings. The number of rotatable bonds is 6. The Morgan fingerprint density at radius 3 is 2.45 bits per heavy atom. The number of pyridine rings is 1. The highest BCUT2D eigenvalue weighted by atomic mass is 35.5. The van der Waals surface area contributed by atoms with E-state index in [1.807, 2.05) is 43.3 Å². The molecule has 0 bridgehead atoms. The first-order valence-electron chi connectivity index (χ1n) is 9.92. The topological polar surface area (TPSA) is 62.1 Å². The molecular weight excluding hydrogens is 388 g/mol. The Labute approximate surface area is 175 Å². The van der Waals surface area contributed by atoms with Crippen LogP contribution in [-0.4, -0.2) is 33.0 Å². The minimum absolute atomic E-state index is 0.209. The predicted octanol–water partition coefficient (Wildman–Crippen LogP) is 4.88. The summed E-state index contributed by atoms with van der Waals surface area (Å²) in [7, 11) is 1.67. The first-order valence-corrected chi connectivity index (χ1v) is 10.3. The van der Waals surface area contributed by atoms with Crippen molar-refractivity contribution in [3.8, 4) is 11.4 Å². The Morgan fingerprint density at radius 1 is 1.03 bits per heavy atom. The van der Waals surface area contributed by atoms with Crippen molar-refractivity contribution >= 4 is 11.6 Å². The molecule has 2 aromatic heterocycles. The monoisotopic (exact) mass is 412 g/mol. The number of nitrogens with zero attached hydrogens (tertiary/aromatic N) is 4. The summed E-state index contributed by atoms with van der Waals surface area (Å²) >= 11 is 6.07. The Balaban J connectivity index is 1.49. The molecule has 0 N–H and O–H groups in total. The smallest absolute Gasteiger partial charge is 0.163 e. The van der Waals surface area contributed by atoms with E-state index in [0.29, 0.717) is 17.5 Å². The molecule has 1 fully saturated rings. The molecular formula is C22H25ClN4O2. The fourth-order valence-corrected chi connectivity index (χ4v) is 3.97. The van der Waals surface area contributed by atoms with Crippen LogP contribution >= 0.6 is 11.6 Å². The van der Waals surface area contributed by atoms with E-state index < -0.39 is 0 Å². The van der Waals surface area contributed by atoms with E-state index in [2.05, 4.69) is 19.7 Å². The van der Waals surface area contributed by atoms with Gasteiger partial charge in [0.2, 0.25) is 0 Å². The molecule has 1 saturated carbocycles. The van der Waals surface area contributed by atoms with Gasteiger partial charge in [-0.05, 0) is 69.0 Å². The maximum Gasteiger partial charge on any atom is 0.163 e. The highest BCUT2D eigenvalue weighted by Crippen LogP contribution is 2.35. The molecule has 2 heterocycles. The van der Waals surface area contributed by atoms with E-state index >= 15 is 0 Å². The van der Waals surface area contributed by atoms with Crippen LogP contribution in [-0.2, 0) is 11.3 Å². The highest BCUT2D eigenvalue weighted by Gasteiger charge is 2.28. The summed E-state index contributed by atoms with van der Waals surface area (Å²) in [5, 5.41) is 9.62. The SMILES string of the molecule is COCc1nnc(C2CCC(Oc3ccc(C)nc3)CC2)n1-c1ccc(Cl)cc1. The number of methoxy groups -OCH3 is 1. The summed E-state index contributed by atoms with van der Waals surface area (Å²) in [4.78, 5) is 4.31. The fraction of sp³-hybridized carbons (Fsp3) is 0.409. The zero-order chi connectivity index (χ0) is 20.2. The Kier molecular flexibility index (Phi) is 6.11. The van der Waals surface area contributed by atoms with E-state index in [0.717, 1.165) is 54.5 Å². The van der Waals surface area contributed by atoms with Crippen LogP contribution in [0.3, 0.4) is 0 Å². The third-order valence-corrected chi connectivity index (χ3v) is 5.59. The van der Waals surface area contributed by atoms with Crippen molar-refractivity contribution in [3.63, 3.8) is 0 Å². The molecule has 0 aliphatic heterocycles. The van der Waals surface area contributed by atoms with Gasteiger partial charge in [-0.15, -0.1) is 10.2 Å². The van der Waals surface area contributed by atoms with Crippen LogP contribution in [0.25, 0.3) is 5.69 Å². The number of benzene rings is 1. The quantitative estimate of drug-likeness (QED) is 0.577. The summed E-state index contributed by atoms with van der Waals surface area (Å²) in [6, 6.07) is 11.7. The van der Waals surface area contributed by atoms with Gasteiger partial charge in [0.25, 0.3) is 0 Å². The number of aryl methyl sites for hydroxylation is 1. The molecule has 0 atom stereocenters. The second-order valence-electron chi connectivity index (χ2n) is 7.45. The number of hydrogen-bond acceptors (Lipinski definition) is 5. The second kappa shape index (κ2) is 8.93. The van der Waals surface area contributed by atoms with E-state index in [-0.39, 0.29) is 6.10 Å². The molecule has 0 unspecified atom stereocenters. The maximum absolute atomic E-state index is 6.13. The van der Waals surface area contributed by atoms with Crippen LogP contribution in [0.4, 0.5) is 0 Å². The summed E-state index contributed by atoms with van der Waals surface area (Å²) in [5.41, 5.74) is 2.00. The Hall–Kier alpha value is -2.44. The lowest BCUT2D eigenvalue weighted by molar-refractivity contribution is 0.144. The average molecular weight is 413 g/mol. The number of halogens is 1. The van der Waals surface area contributed by atoms with Gasteiger partial charge in [-0.1, -0.05) is 11.6 Å². The molecule has 1 aromatic carbocycles. The molecule has 29 heavy (non-hydrogen) atoms. The molecule has 6 nitrogen and oxygen atoms in total. The first-order chi connectivity index (χ1) is 14.1. The van der Waals surface area contributed by atoms with E-state index in [1.165, 1.54) is 0 Å². The summed E-state index contributed by atoms with van der Waals surface area (Å²) in [5.74, 6) is 2.95. The van der Waals surface area contributed by atoms with E-state index in [9.17, 15) is 0 Å². The molecule has 1 aliphatic rings. The van der Waals surface area contributed by atoms with Crippen LogP contribution < -0.4 is 4.74 Å². The van der Waals surface area contributed by atoms with Gasteiger partial charge in [0.15, 0.2) is 5.82 Å². The van der Waals surface area contributed by atoms with E-state index in [4.69, 9.17) is 21.1 Å². The van der Waals surface area contributed by atoms with Crippen molar-refractivity contribution < 1.29 is 9.47 Å². The van der Waals surface area contributed by atoms with Gasteiger partial charge < -0.3 is 9.47 Å². The largest absolute Gasteiger partial charge is 0.489 e. The van der Waals surface area contributed by atoms with Crippen molar-refractivity contribution in [1.29, 1.82) is 0 Å². The third kappa shape index (κ3) is 4.60. The first kappa shape index (κ1) is 19.9. The van der Waals surface area contributed by atoms with Crippen molar-refractivity contribution in [3.05, 3.63) is 65.0 Å². The van der Waals surface area contributed by atoms with Crippen LogP contribution in [0, 0.1) is 6.92 Å². The number of ether oxygens (including phenoxy) is 2. The van der Waals surface area contributed by atoms with Gasteiger partial charge in [-0.2, -0.15) is 0 Å². The lowest BCUT2D eigenvalue weighted by atomic mass is 9.86. The lowest BCUT2D eigenvalue weighted by Gasteiger charge is -2.28. The van der Waals surface area contributed by atoms with Gasteiger partial charge >= 0.3 is 0 Å². The minimum Gasteiger partial charge on any atom is -0.489 e. The van der Waals surface area contributed by atoms with Crippen molar-refractivity contribution in [2.75, 3.05) is 7.11 Å². The lowest BCUT2D eigenvalue weighted by Crippen LogP contribution is -2.25. The van der Waals surface area contributed by atoms with Gasteiger partial charge in [-0.25, -0.2) is 0 Å². The summed E-state index contributed by atoms with van der Waals surface area (Å²) in [6.45, 7) is 2.39. The number of aromatic nitrogens is 4. The zero-order valence-electron chi connectivity index (χ0n) is 16.7. The van der Waals surface area contributed by atoms with Crippen LogP contribution in [0.2, 0.25) is 5.02 Å². The zero-order valence-corrected chi connectivity index (χ0v) is 17.5. The summed E-state index contributed by atoms with van der Waals surface area (Å²) < 4.78 is 13.6. The van der Waals surface area contributed by atoms with Crippen molar-refractivity contribution in [2.24, 2.45) is 0 Å².